The monoisotopic (exact) mass is 247 g/mol. The summed E-state index contributed by atoms with van der Waals surface area (Å²) in [6.07, 6.45) is 3.67. The van der Waals surface area contributed by atoms with Gasteiger partial charge in [-0.2, -0.15) is 0 Å². The van der Waals surface area contributed by atoms with E-state index >= 15 is 0 Å². The first-order valence-electron chi connectivity index (χ1n) is 7.44. The van der Waals surface area contributed by atoms with Crippen LogP contribution in [0.25, 0.3) is 0 Å². The fourth-order valence-corrected chi connectivity index (χ4v) is 2.70. The molecule has 1 nitrogen and oxygen atoms in total. The molecule has 18 heavy (non-hydrogen) atoms. The van der Waals surface area contributed by atoms with Crippen LogP contribution in [0.5, 0.6) is 0 Å². The highest BCUT2D eigenvalue weighted by molar-refractivity contribution is 5.27. The van der Waals surface area contributed by atoms with Crippen molar-refractivity contribution < 1.29 is 0 Å². The molecule has 1 aromatic rings. The van der Waals surface area contributed by atoms with Crippen LogP contribution < -0.4 is 5.32 Å². The molecule has 0 heterocycles. The van der Waals surface area contributed by atoms with Gasteiger partial charge < -0.3 is 5.32 Å². The molecule has 1 heteroatoms. The Morgan fingerprint density at radius 1 is 0.889 bits per heavy atom. The normalized spacial score (nSPS) is 14.8. The Kier molecular flexibility index (Phi) is 6.42. The summed E-state index contributed by atoms with van der Waals surface area (Å²) in [5.41, 5.74) is 2.89. The molecule has 0 saturated heterocycles. The predicted molar refractivity (Wildman–Crippen MR) is 81.0 cm³/mol. The lowest BCUT2D eigenvalue weighted by atomic mass is 9.87. The number of rotatable bonds is 7. The molecule has 0 radical (unpaired) electrons. The van der Waals surface area contributed by atoms with E-state index in [4.69, 9.17) is 0 Å². The van der Waals surface area contributed by atoms with E-state index < -0.39 is 0 Å². The second-order valence-electron chi connectivity index (χ2n) is 5.32. The average molecular weight is 247 g/mol. The van der Waals surface area contributed by atoms with Crippen LogP contribution in [0.2, 0.25) is 0 Å². The van der Waals surface area contributed by atoms with Gasteiger partial charge in [-0.05, 0) is 36.4 Å². The number of hydrogen-bond donors (Lipinski definition) is 1. The molecule has 0 aliphatic rings. The fraction of sp³-hybridized carbons (Fsp3) is 0.647. The zero-order valence-corrected chi connectivity index (χ0v) is 12.7. The number of nitrogens with one attached hydrogen (secondary N) is 1. The third-order valence-electron chi connectivity index (χ3n) is 4.31. The van der Waals surface area contributed by atoms with Gasteiger partial charge in [-0.1, -0.05) is 64.8 Å². The van der Waals surface area contributed by atoms with Crippen molar-refractivity contribution in [2.75, 3.05) is 7.05 Å². The maximum absolute atomic E-state index is 3.48. The van der Waals surface area contributed by atoms with Crippen LogP contribution in [0.4, 0.5) is 0 Å². The first-order chi connectivity index (χ1) is 8.67. The first-order valence-corrected chi connectivity index (χ1v) is 7.44. The van der Waals surface area contributed by atoms with E-state index in [9.17, 15) is 0 Å². The van der Waals surface area contributed by atoms with Gasteiger partial charge in [-0.3, -0.25) is 0 Å². The Labute approximate surface area is 113 Å². The molecule has 0 aromatic heterocycles. The molecule has 1 aromatic carbocycles. The lowest BCUT2D eigenvalue weighted by molar-refractivity contribution is 0.359. The van der Waals surface area contributed by atoms with Crippen LogP contribution in [0.3, 0.4) is 0 Å². The molecule has 0 aliphatic carbocycles. The lowest BCUT2D eigenvalue weighted by Crippen LogP contribution is -2.24. The average Bonchev–Trinajstić information content (AvgIpc) is 2.44. The second kappa shape index (κ2) is 7.58. The van der Waals surface area contributed by atoms with Crippen molar-refractivity contribution in [3.63, 3.8) is 0 Å². The molecule has 102 valence electrons. The van der Waals surface area contributed by atoms with Gasteiger partial charge in [0.05, 0.1) is 0 Å². The van der Waals surface area contributed by atoms with Crippen molar-refractivity contribution in [1.29, 1.82) is 0 Å². The van der Waals surface area contributed by atoms with Gasteiger partial charge in [0, 0.05) is 6.04 Å². The van der Waals surface area contributed by atoms with Crippen LogP contribution in [-0.4, -0.2) is 7.05 Å². The van der Waals surface area contributed by atoms with Crippen LogP contribution in [-0.2, 0) is 0 Å². The van der Waals surface area contributed by atoms with E-state index in [-0.39, 0.29) is 0 Å². The van der Waals surface area contributed by atoms with E-state index in [1.807, 2.05) is 0 Å². The van der Waals surface area contributed by atoms with Gasteiger partial charge in [0.25, 0.3) is 0 Å². The van der Waals surface area contributed by atoms with Crippen molar-refractivity contribution in [2.45, 2.75) is 58.9 Å². The fourth-order valence-electron chi connectivity index (χ4n) is 2.70. The zero-order chi connectivity index (χ0) is 13.5. The lowest BCUT2D eigenvalue weighted by Gasteiger charge is -2.25. The highest BCUT2D eigenvalue weighted by atomic mass is 14.9. The summed E-state index contributed by atoms with van der Waals surface area (Å²) in [6.45, 7) is 9.11. The second-order valence-corrected chi connectivity index (χ2v) is 5.32. The van der Waals surface area contributed by atoms with E-state index in [1.165, 1.54) is 30.4 Å². The van der Waals surface area contributed by atoms with Crippen molar-refractivity contribution in [1.82, 2.24) is 5.32 Å². The molecular weight excluding hydrogens is 218 g/mol. The maximum Gasteiger partial charge on any atom is 0.0345 e. The summed E-state index contributed by atoms with van der Waals surface area (Å²) in [4.78, 5) is 0. The van der Waals surface area contributed by atoms with Gasteiger partial charge in [0.15, 0.2) is 0 Å². The van der Waals surface area contributed by atoms with Crippen LogP contribution in [0, 0.1) is 5.92 Å². The smallest absolute Gasteiger partial charge is 0.0345 e. The van der Waals surface area contributed by atoms with Gasteiger partial charge in [-0.25, -0.2) is 0 Å². The zero-order valence-electron chi connectivity index (χ0n) is 12.7. The van der Waals surface area contributed by atoms with Crippen LogP contribution >= 0.6 is 0 Å². The van der Waals surface area contributed by atoms with E-state index in [2.05, 4.69) is 64.3 Å². The van der Waals surface area contributed by atoms with E-state index in [1.54, 1.807) is 0 Å². The van der Waals surface area contributed by atoms with Crippen LogP contribution in [0.1, 0.15) is 70.0 Å². The topological polar surface area (TPSA) is 12.0 Å². The molecule has 1 rings (SSSR count). The third-order valence-corrected chi connectivity index (χ3v) is 4.31. The Bertz CT molecular complexity index is 324. The minimum Gasteiger partial charge on any atom is -0.313 e. The molecule has 0 aliphatic heterocycles. The Balaban J connectivity index is 2.87. The summed E-state index contributed by atoms with van der Waals surface area (Å²) < 4.78 is 0. The summed E-state index contributed by atoms with van der Waals surface area (Å²) in [5, 5.41) is 3.48. The highest BCUT2D eigenvalue weighted by Crippen LogP contribution is 2.28. The molecule has 0 bridgehead atoms. The van der Waals surface area contributed by atoms with Crippen LogP contribution in [0.15, 0.2) is 24.3 Å². The summed E-state index contributed by atoms with van der Waals surface area (Å²) in [6, 6.07) is 9.71. The molecule has 0 spiro atoms. The van der Waals surface area contributed by atoms with Gasteiger partial charge in [0.1, 0.15) is 0 Å². The molecule has 0 fully saturated rings. The van der Waals surface area contributed by atoms with E-state index in [0.29, 0.717) is 12.0 Å². The van der Waals surface area contributed by atoms with Gasteiger partial charge in [0.2, 0.25) is 0 Å². The molecule has 0 saturated carbocycles. The molecule has 2 atom stereocenters. The summed E-state index contributed by atoms with van der Waals surface area (Å²) in [7, 11) is 2.07. The Hall–Kier alpha value is -0.820. The minimum atomic E-state index is 0.492. The summed E-state index contributed by atoms with van der Waals surface area (Å²) in [5.74, 6) is 1.39. The molecule has 0 amide bonds. The Morgan fingerprint density at radius 2 is 1.39 bits per heavy atom. The number of benzene rings is 1. The minimum absolute atomic E-state index is 0.492. The predicted octanol–water partition coefficient (Wildman–Crippen LogP) is 4.90. The summed E-state index contributed by atoms with van der Waals surface area (Å²) >= 11 is 0. The SMILES string of the molecule is CCC(C)c1ccc(C(NC)C(CC)CC)cc1. The third kappa shape index (κ3) is 3.58. The van der Waals surface area contributed by atoms with Crippen molar-refractivity contribution in [3.05, 3.63) is 35.4 Å². The molecule has 1 N–H and O–H groups in total. The van der Waals surface area contributed by atoms with Gasteiger partial charge in [-0.15, -0.1) is 0 Å². The van der Waals surface area contributed by atoms with E-state index in [0.717, 1.165) is 5.92 Å². The van der Waals surface area contributed by atoms with Gasteiger partial charge >= 0.3 is 0 Å². The first kappa shape index (κ1) is 15.2. The maximum atomic E-state index is 3.48. The standard InChI is InChI=1S/C17H29N/c1-6-13(4)15-9-11-16(12-10-15)17(18-5)14(7-2)8-3/h9-14,17-18H,6-8H2,1-5H3. The van der Waals surface area contributed by atoms with Crippen molar-refractivity contribution in [3.8, 4) is 0 Å². The highest BCUT2D eigenvalue weighted by Gasteiger charge is 2.18. The molecule has 2 unspecified atom stereocenters. The van der Waals surface area contributed by atoms with Crippen molar-refractivity contribution in [2.24, 2.45) is 5.92 Å². The van der Waals surface area contributed by atoms with Crippen molar-refractivity contribution >= 4 is 0 Å². The molecular formula is C17H29N. The Morgan fingerprint density at radius 3 is 1.78 bits per heavy atom. The largest absolute Gasteiger partial charge is 0.313 e. The quantitative estimate of drug-likeness (QED) is 0.723. The number of hydrogen-bond acceptors (Lipinski definition) is 1.